The van der Waals surface area contributed by atoms with Gasteiger partial charge in [-0.05, 0) is 31.7 Å². The van der Waals surface area contributed by atoms with Crippen LogP contribution < -0.4 is 0 Å². The molecular formula is C19H25NO3. The van der Waals surface area contributed by atoms with Crippen LogP contribution in [0.4, 0.5) is 0 Å². The first-order valence-corrected chi connectivity index (χ1v) is 8.65. The van der Waals surface area contributed by atoms with Crippen LogP contribution in [0.1, 0.15) is 30.4 Å². The summed E-state index contributed by atoms with van der Waals surface area (Å²) in [5.41, 5.74) is 1.92. The monoisotopic (exact) mass is 315 g/mol. The van der Waals surface area contributed by atoms with Gasteiger partial charge in [0.1, 0.15) is 0 Å². The highest BCUT2D eigenvalue weighted by molar-refractivity contribution is 5.91. The predicted octanol–water partition coefficient (Wildman–Crippen LogP) is 1.88. The minimum Gasteiger partial charge on any atom is -0.396 e. The van der Waals surface area contributed by atoms with Crippen molar-refractivity contribution in [2.24, 2.45) is 11.3 Å². The first-order chi connectivity index (χ1) is 11.1. The molecule has 0 bridgehead atoms. The summed E-state index contributed by atoms with van der Waals surface area (Å²) in [6.07, 6.45) is 2.74. The summed E-state index contributed by atoms with van der Waals surface area (Å²) in [6.45, 7) is 5.00. The van der Waals surface area contributed by atoms with E-state index in [4.69, 9.17) is 4.74 Å². The van der Waals surface area contributed by atoms with Crippen LogP contribution in [0.5, 0.6) is 0 Å². The zero-order valence-electron chi connectivity index (χ0n) is 13.8. The van der Waals surface area contributed by atoms with Crippen LogP contribution in [0.3, 0.4) is 0 Å². The second-order valence-electron chi connectivity index (χ2n) is 7.68. The Balaban J connectivity index is 1.57. The Morgan fingerprint density at radius 2 is 2.04 bits per heavy atom. The summed E-state index contributed by atoms with van der Waals surface area (Å²) < 4.78 is 5.59. The number of aliphatic hydroxyl groups is 1. The lowest BCUT2D eigenvalue weighted by Gasteiger charge is -2.36. The maximum atomic E-state index is 13.2. The molecule has 1 aromatic rings. The molecule has 1 saturated carbocycles. The first kappa shape index (κ1) is 15.2. The number of ether oxygens (including phenoxy) is 1. The second kappa shape index (κ2) is 5.32. The Labute approximate surface area is 137 Å². The summed E-state index contributed by atoms with van der Waals surface area (Å²) >= 11 is 0. The molecule has 0 aromatic heterocycles. The minimum atomic E-state index is -0.307. The van der Waals surface area contributed by atoms with Gasteiger partial charge in [-0.15, -0.1) is 0 Å². The topological polar surface area (TPSA) is 49.8 Å². The van der Waals surface area contributed by atoms with Crippen molar-refractivity contribution in [3.05, 3.63) is 35.4 Å². The summed E-state index contributed by atoms with van der Waals surface area (Å²) in [5, 5.41) is 9.92. The van der Waals surface area contributed by atoms with E-state index in [1.807, 2.05) is 4.90 Å². The van der Waals surface area contributed by atoms with Crippen LogP contribution >= 0.6 is 0 Å². The third-order valence-electron chi connectivity index (χ3n) is 6.24. The van der Waals surface area contributed by atoms with E-state index in [0.29, 0.717) is 19.8 Å². The molecule has 4 rings (SSSR count). The van der Waals surface area contributed by atoms with Gasteiger partial charge in [0.05, 0.1) is 18.6 Å². The van der Waals surface area contributed by atoms with E-state index < -0.39 is 0 Å². The molecule has 2 aliphatic heterocycles. The molecule has 4 nitrogen and oxygen atoms in total. The van der Waals surface area contributed by atoms with E-state index in [-0.39, 0.29) is 29.3 Å². The maximum Gasteiger partial charge on any atom is 0.233 e. The SMILES string of the molecule is Cc1ccc(C2(C(=O)N3C[C@@H]4COCC[C@]4(CO)C3)CC2)cc1. The Hall–Kier alpha value is -1.39. The summed E-state index contributed by atoms with van der Waals surface area (Å²) in [5.74, 6) is 0.530. The fourth-order valence-electron chi connectivity index (χ4n) is 4.39. The van der Waals surface area contributed by atoms with Crippen molar-refractivity contribution in [1.82, 2.24) is 4.90 Å². The number of carbonyl (C=O) groups excluding carboxylic acids is 1. The molecule has 1 N–H and O–H groups in total. The van der Waals surface area contributed by atoms with Crippen LogP contribution in [0.25, 0.3) is 0 Å². The van der Waals surface area contributed by atoms with Gasteiger partial charge in [0.15, 0.2) is 0 Å². The highest BCUT2D eigenvalue weighted by Crippen LogP contribution is 2.52. The Kier molecular flexibility index (Phi) is 3.50. The average molecular weight is 315 g/mol. The average Bonchev–Trinajstić information content (AvgIpc) is 3.29. The zero-order valence-corrected chi connectivity index (χ0v) is 13.8. The number of aliphatic hydroxyl groups excluding tert-OH is 1. The molecule has 0 spiro atoms. The molecule has 3 aliphatic rings. The highest BCUT2D eigenvalue weighted by Gasteiger charge is 2.57. The number of aryl methyl sites for hydroxylation is 1. The first-order valence-electron chi connectivity index (χ1n) is 8.65. The number of hydrogen-bond acceptors (Lipinski definition) is 3. The van der Waals surface area contributed by atoms with Crippen molar-refractivity contribution in [1.29, 1.82) is 0 Å². The number of nitrogens with zero attached hydrogens (tertiary/aromatic N) is 1. The van der Waals surface area contributed by atoms with Gasteiger partial charge < -0.3 is 14.7 Å². The zero-order chi connectivity index (χ0) is 16.1. The molecule has 2 atom stereocenters. The molecule has 0 radical (unpaired) electrons. The molecule has 2 saturated heterocycles. The van der Waals surface area contributed by atoms with Gasteiger partial charge in [-0.1, -0.05) is 29.8 Å². The van der Waals surface area contributed by atoms with Crippen molar-refractivity contribution in [2.45, 2.75) is 31.6 Å². The molecule has 124 valence electrons. The van der Waals surface area contributed by atoms with Crippen LogP contribution in [0, 0.1) is 18.3 Å². The van der Waals surface area contributed by atoms with Gasteiger partial charge in [0.2, 0.25) is 5.91 Å². The molecule has 0 unspecified atom stereocenters. The molecular weight excluding hydrogens is 290 g/mol. The number of fused-ring (bicyclic) bond motifs is 1. The number of benzene rings is 1. The number of likely N-dealkylation sites (tertiary alicyclic amines) is 1. The van der Waals surface area contributed by atoms with E-state index >= 15 is 0 Å². The van der Waals surface area contributed by atoms with Crippen molar-refractivity contribution in [2.75, 3.05) is 32.9 Å². The standard InChI is InChI=1S/C19H25NO3/c1-14-2-4-15(5-3-14)19(6-7-19)17(22)20-10-16-11-23-9-8-18(16,12-20)13-21/h2-5,16,21H,6-13H2,1H3/t16-,18-/m1/s1. The van der Waals surface area contributed by atoms with Crippen LogP contribution in [-0.4, -0.2) is 48.8 Å². The second-order valence-corrected chi connectivity index (χ2v) is 7.68. The molecule has 4 heteroatoms. The third kappa shape index (κ3) is 2.31. The fraction of sp³-hybridized carbons (Fsp3) is 0.632. The van der Waals surface area contributed by atoms with Gasteiger partial charge in [0.25, 0.3) is 0 Å². The quantitative estimate of drug-likeness (QED) is 0.926. The van der Waals surface area contributed by atoms with Crippen molar-refractivity contribution in [3.8, 4) is 0 Å². The van der Waals surface area contributed by atoms with Crippen molar-refractivity contribution in [3.63, 3.8) is 0 Å². The molecule has 3 fully saturated rings. The van der Waals surface area contributed by atoms with E-state index in [2.05, 4.69) is 31.2 Å². The van der Waals surface area contributed by atoms with E-state index in [1.165, 1.54) is 5.56 Å². The molecule has 1 aromatic carbocycles. The van der Waals surface area contributed by atoms with Crippen LogP contribution in [0.15, 0.2) is 24.3 Å². The fourth-order valence-corrected chi connectivity index (χ4v) is 4.39. The van der Waals surface area contributed by atoms with Gasteiger partial charge in [-0.2, -0.15) is 0 Å². The third-order valence-corrected chi connectivity index (χ3v) is 6.24. The lowest BCUT2D eigenvalue weighted by molar-refractivity contribution is -0.133. The van der Waals surface area contributed by atoms with Crippen molar-refractivity contribution >= 4 is 5.91 Å². The summed E-state index contributed by atoms with van der Waals surface area (Å²) in [4.78, 5) is 15.2. The Morgan fingerprint density at radius 1 is 1.30 bits per heavy atom. The highest BCUT2D eigenvalue weighted by atomic mass is 16.5. The van der Waals surface area contributed by atoms with Gasteiger partial charge in [-0.25, -0.2) is 0 Å². The van der Waals surface area contributed by atoms with Crippen LogP contribution in [0.2, 0.25) is 0 Å². The van der Waals surface area contributed by atoms with E-state index in [9.17, 15) is 9.90 Å². The Bertz CT molecular complexity index is 608. The van der Waals surface area contributed by atoms with E-state index in [0.717, 1.165) is 31.4 Å². The number of rotatable bonds is 3. The number of carbonyl (C=O) groups is 1. The predicted molar refractivity (Wildman–Crippen MR) is 87.1 cm³/mol. The molecule has 2 heterocycles. The number of hydrogen-bond donors (Lipinski definition) is 1. The summed E-state index contributed by atoms with van der Waals surface area (Å²) in [7, 11) is 0. The summed E-state index contributed by atoms with van der Waals surface area (Å²) in [6, 6.07) is 8.40. The normalized spacial score (nSPS) is 31.7. The minimum absolute atomic E-state index is 0.142. The number of amides is 1. The Morgan fingerprint density at radius 3 is 2.65 bits per heavy atom. The maximum absolute atomic E-state index is 13.2. The van der Waals surface area contributed by atoms with Gasteiger partial charge in [0, 0.05) is 31.0 Å². The van der Waals surface area contributed by atoms with Gasteiger partial charge >= 0.3 is 0 Å². The lowest BCUT2D eigenvalue weighted by atomic mass is 9.75. The van der Waals surface area contributed by atoms with E-state index in [1.54, 1.807) is 0 Å². The smallest absolute Gasteiger partial charge is 0.233 e. The van der Waals surface area contributed by atoms with Crippen LogP contribution in [-0.2, 0) is 14.9 Å². The van der Waals surface area contributed by atoms with Crippen molar-refractivity contribution < 1.29 is 14.6 Å². The van der Waals surface area contributed by atoms with Gasteiger partial charge in [-0.3, -0.25) is 4.79 Å². The lowest BCUT2D eigenvalue weighted by Crippen LogP contribution is -2.42. The molecule has 1 amide bonds. The molecule has 1 aliphatic carbocycles. The molecule has 23 heavy (non-hydrogen) atoms. The largest absolute Gasteiger partial charge is 0.396 e.